The van der Waals surface area contributed by atoms with Crippen molar-refractivity contribution in [2.24, 2.45) is 0 Å². The van der Waals surface area contributed by atoms with E-state index in [0.29, 0.717) is 11.0 Å². The Morgan fingerprint density at radius 2 is 1.42 bits per heavy atom. The maximum Gasteiger partial charge on any atom is 0.167 e. The van der Waals surface area contributed by atoms with E-state index in [1.54, 1.807) is 0 Å². The molecule has 0 aliphatic carbocycles. The van der Waals surface area contributed by atoms with Crippen molar-refractivity contribution in [3.05, 3.63) is 71.3 Å². The summed E-state index contributed by atoms with van der Waals surface area (Å²) in [5, 5.41) is 7.53. The summed E-state index contributed by atoms with van der Waals surface area (Å²) >= 11 is 5.52. The van der Waals surface area contributed by atoms with Gasteiger partial charge in [0.15, 0.2) is 5.11 Å². The van der Waals surface area contributed by atoms with E-state index in [4.69, 9.17) is 12.2 Å². The summed E-state index contributed by atoms with van der Waals surface area (Å²) in [5.41, 5.74) is 3.88. The highest BCUT2D eigenvalue weighted by molar-refractivity contribution is 7.80. The van der Waals surface area contributed by atoms with Gasteiger partial charge >= 0.3 is 0 Å². The van der Waals surface area contributed by atoms with Crippen LogP contribution in [0.4, 0.5) is 0 Å². The molecule has 0 saturated carbocycles. The Kier molecular flexibility index (Phi) is 6.80. The molecular weight excluding hydrogens is 312 g/mol. The van der Waals surface area contributed by atoms with Crippen LogP contribution in [-0.2, 0) is 0 Å². The summed E-state index contributed by atoms with van der Waals surface area (Å²) in [7, 11) is 0. The zero-order valence-corrected chi connectivity index (χ0v) is 15.9. The largest absolute Gasteiger partial charge is 0.356 e. The van der Waals surface area contributed by atoms with Crippen LogP contribution in [0.3, 0.4) is 0 Å². The third-order valence-corrected chi connectivity index (χ3v) is 4.60. The first-order chi connectivity index (χ1) is 11.5. The fraction of sp³-hybridized carbons (Fsp3) is 0.381. The molecule has 0 aliphatic rings. The van der Waals surface area contributed by atoms with Crippen LogP contribution in [0.15, 0.2) is 54.6 Å². The zero-order valence-electron chi connectivity index (χ0n) is 15.0. The van der Waals surface area contributed by atoms with Gasteiger partial charge in [-0.2, -0.15) is 0 Å². The quantitative estimate of drug-likeness (QED) is 0.680. The summed E-state index contributed by atoms with van der Waals surface area (Å²) in [6.07, 6.45) is 0.989. The molecule has 0 radical (unpaired) electrons. The van der Waals surface area contributed by atoms with Crippen LogP contribution in [-0.4, -0.2) is 5.11 Å². The average molecular weight is 341 g/mol. The van der Waals surface area contributed by atoms with E-state index in [0.717, 1.165) is 6.42 Å². The number of benzene rings is 2. The number of hydrogen-bond donors (Lipinski definition) is 2. The summed E-state index contributed by atoms with van der Waals surface area (Å²) in [6.45, 7) is 8.74. The van der Waals surface area contributed by atoms with Gasteiger partial charge in [0, 0.05) is 0 Å². The van der Waals surface area contributed by atoms with Crippen molar-refractivity contribution >= 4 is 17.3 Å². The average Bonchev–Trinajstić information content (AvgIpc) is 2.60. The maximum atomic E-state index is 5.52. The van der Waals surface area contributed by atoms with E-state index in [2.05, 4.69) is 86.9 Å². The lowest BCUT2D eigenvalue weighted by molar-refractivity contribution is 0.601. The molecule has 128 valence electrons. The molecule has 2 rings (SSSR count). The van der Waals surface area contributed by atoms with Crippen molar-refractivity contribution in [3.63, 3.8) is 0 Å². The first-order valence-corrected chi connectivity index (χ1v) is 9.14. The number of rotatable bonds is 6. The van der Waals surface area contributed by atoms with Crippen LogP contribution in [0.1, 0.15) is 68.8 Å². The van der Waals surface area contributed by atoms with Crippen molar-refractivity contribution in [2.45, 2.75) is 52.1 Å². The molecule has 24 heavy (non-hydrogen) atoms. The minimum atomic E-state index is 0.187. The Morgan fingerprint density at radius 3 is 1.96 bits per heavy atom. The first-order valence-electron chi connectivity index (χ1n) is 8.73. The summed E-state index contributed by atoms with van der Waals surface area (Å²) in [5.74, 6) is 0.557. The van der Waals surface area contributed by atoms with Crippen molar-refractivity contribution in [1.82, 2.24) is 10.6 Å². The lowest BCUT2D eigenvalue weighted by Gasteiger charge is -2.23. The van der Waals surface area contributed by atoms with E-state index in [-0.39, 0.29) is 12.1 Å². The van der Waals surface area contributed by atoms with E-state index < -0.39 is 0 Å². The minimum Gasteiger partial charge on any atom is -0.356 e. The van der Waals surface area contributed by atoms with Crippen molar-refractivity contribution in [3.8, 4) is 0 Å². The van der Waals surface area contributed by atoms with Gasteiger partial charge in [-0.25, -0.2) is 0 Å². The topological polar surface area (TPSA) is 24.1 Å². The van der Waals surface area contributed by atoms with Gasteiger partial charge in [-0.1, -0.05) is 75.4 Å². The third-order valence-electron chi connectivity index (χ3n) is 4.37. The van der Waals surface area contributed by atoms with Gasteiger partial charge in [0.05, 0.1) is 12.1 Å². The summed E-state index contributed by atoms with van der Waals surface area (Å²) in [6, 6.07) is 19.6. The third kappa shape index (κ3) is 5.07. The second-order valence-corrected chi connectivity index (χ2v) is 6.94. The van der Waals surface area contributed by atoms with Crippen molar-refractivity contribution < 1.29 is 0 Å². The lowest BCUT2D eigenvalue weighted by atomic mass is 9.98. The summed E-state index contributed by atoms with van der Waals surface area (Å²) < 4.78 is 0. The fourth-order valence-corrected chi connectivity index (χ4v) is 3.07. The monoisotopic (exact) mass is 340 g/mol. The van der Waals surface area contributed by atoms with Crippen LogP contribution < -0.4 is 10.6 Å². The molecule has 2 nitrogen and oxygen atoms in total. The molecule has 0 heterocycles. The first kappa shape index (κ1) is 18.5. The molecule has 2 N–H and O–H groups in total. The number of nitrogens with one attached hydrogen (secondary N) is 2. The van der Waals surface area contributed by atoms with E-state index in [1.807, 2.05) is 6.07 Å². The molecule has 2 aromatic carbocycles. The standard InChI is InChI=1S/C21H28N2S/c1-5-20(19-13-11-17(12-14-19)15(2)3)23-21(24)22-16(4)18-9-7-6-8-10-18/h6-16,20H,5H2,1-4H3,(H2,22,23,24). The highest BCUT2D eigenvalue weighted by Crippen LogP contribution is 2.21. The van der Waals surface area contributed by atoms with Gasteiger partial charge in [-0.05, 0) is 48.2 Å². The molecule has 0 spiro atoms. The van der Waals surface area contributed by atoms with Gasteiger partial charge in [0.25, 0.3) is 0 Å². The van der Waals surface area contributed by atoms with Crippen LogP contribution in [0.2, 0.25) is 0 Å². The molecule has 3 heteroatoms. The molecule has 0 fully saturated rings. The van der Waals surface area contributed by atoms with Crippen LogP contribution in [0.25, 0.3) is 0 Å². The maximum absolute atomic E-state index is 5.52. The lowest BCUT2D eigenvalue weighted by Crippen LogP contribution is -2.38. The Labute approximate surface area is 151 Å². The second-order valence-electron chi connectivity index (χ2n) is 6.53. The molecular formula is C21H28N2S. The molecule has 0 bridgehead atoms. The number of hydrogen-bond acceptors (Lipinski definition) is 1. The molecule has 0 saturated heterocycles. The Bertz CT molecular complexity index is 635. The van der Waals surface area contributed by atoms with Crippen LogP contribution >= 0.6 is 12.2 Å². The second kappa shape index (κ2) is 8.84. The van der Waals surface area contributed by atoms with Gasteiger partial charge in [0.2, 0.25) is 0 Å². The van der Waals surface area contributed by atoms with E-state index in [1.165, 1.54) is 16.7 Å². The molecule has 2 aromatic rings. The molecule has 2 unspecified atom stereocenters. The van der Waals surface area contributed by atoms with Gasteiger partial charge in [0.1, 0.15) is 0 Å². The van der Waals surface area contributed by atoms with Crippen molar-refractivity contribution in [2.75, 3.05) is 0 Å². The van der Waals surface area contributed by atoms with Crippen LogP contribution in [0, 0.1) is 0 Å². The van der Waals surface area contributed by atoms with Gasteiger partial charge < -0.3 is 10.6 Å². The van der Waals surface area contributed by atoms with E-state index in [9.17, 15) is 0 Å². The fourth-order valence-electron chi connectivity index (χ4n) is 2.76. The highest BCUT2D eigenvalue weighted by Gasteiger charge is 2.13. The minimum absolute atomic E-state index is 0.187. The Morgan fingerprint density at radius 1 is 0.833 bits per heavy atom. The van der Waals surface area contributed by atoms with Crippen LogP contribution in [0.5, 0.6) is 0 Å². The Balaban J connectivity index is 1.97. The van der Waals surface area contributed by atoms with Gasteiger partial charge in [-0.15, -0.1) is 0 Å². The van der Waals surface area contributed by atoms with Crippen molar-refractivity contribution in [1.29, 1.82) is 0 Å². The summed E-state index contributed by atoms with van der Waals surface area (Å²) in [4.78, 5) is 0. The molecule has 0 aliphatic heterocycles. The normalized spacial score (nSPS) is 13.4. The predicted molar refractivity (Wildman–Crippen MR) is 107 cm³/mol. The molecule has 2 atom stereocenters. The zero-order chi connectivity index (χ0) is 17.5. The molecule has 0 amide bonds. The smallest absolute Gasteiger partial charge is 0.167 e. The van der Waals surface area contributed by atoms with E-state index >= 15 is 0 Å². The highest BCUT2D eigenvalue weighted by atomic mass is 32.1. The number of thiocarbonyl (C=S) groups is 1. The predicted octanol–water partition coefficient (Wildman–Crippen LogP) is 5.49. The Hall–Kier alpha value is -1.87. The SMILES string of the molecule is CCC(NC(=S)NC(C)c1ccccc1)c1ccc(C(C)C)cc1. The molecule has 0 aromatic heterocycles. The van der Waals surface area contributed by atoms with Gasteiger partial charge in [-0.3, -0.25) is 0 Å².